The third-order valence-corrected chi connectivity index (χ3v) is 2.96. The van der Waals surface area contributed by atoms with Gasteiger partial charge in [-0.15, -0.1) is 15.0 Å². The van der Waals surface area contributed by atoms with Crippen LogP contribution in [-0.2, 0) is 21.7 Å². The maximum absolute atomic E-state index is 2.99. The standard InChI is InChI=1S/C5H5.C4H9P.2ClH.Ti/c2*1-2-4-5-3-1;;;/h1-3H,4H2;5H,1-4H2;2*1H;/q-1;;;;+3/p-2. The zero-order valence-electron chi connectivity index (χ0n) is 7.52. The Morgan fingerprint density at radius 2 is 1.69 bits per heavy atom. The van der Waals surface area contributed by atoms with Crippen molar-refractivity contribution < 1.29 is 46.5 Å². The van der Waals surface area contributed by atoms with E-state index in [0.29, 0.717) is 0 Å². The van der Waals surface area contributed by atoms with E-state index in [1.165, 1.54) is 33.7 Å². The molecular formula is C9H14Cl2PTi. The quantitative estimate of drug-likeness (QED) is 0.247. The van der Waals surface area contributed by atoms with Crippen LogP contribution in [0.15, 0.2) is 18.2 Å². The smallest absolute Gasteiger partial charge is 1.00 e. The van der Waals surface area contributed by atoms with Crippen molar-refractivity contribution in [1.82, 2.24) is 0 Å². The molecule has 0 aromatic rings. The van der Waals surface area contributed by atoms with E-state index in [1.54, 1.807) is 0 Å². The van der Waals surface area contributed by atoms with E-state index in [-0.39, 0.29) is 46.5 Å². The van der Waals surface area contributed by atoms with Gasteiger partial charge in [0.2, 0.25) is 0 Å². The topological polar surface area (TPSA) is 0 Å². The van der Waals surface area contributed by atoms with E-state index in [4.69, 9.17) is 0 Å². The Morgan fingerprint density at radius 3 is 1.85 bits per heavy atom. The minimum absolute atomic E-state index is 0. The van der Waals surface area contributed by atoms with Crippen LogP contribution < -0.4 is 24.8 Å². The van der Waals surface area contributed by atoms with E-state index in [1.807, 2.05) is 12.2 Å². The molecule has 2 aliphatic rings. The van der Waals surface area contributed by atoms with Crippen molar-refractivity contribution in [2.45, 2.75) is 19.3 Å². The summed E-state index contributed by atoms with van der Waals surface area (Å²) < 4.78 is 0. The molecule has 1 heterocycles. The molecule has 1 aliphatic heterocycles. The summed E-state index contributed by atoms with van der Waals surface area (Å²) in [6.07, 6.45) is 16.1. The summed E-state index contributed by atoms with van der Waals surface area (Å²) in [6.45, 7) is 0. The summed E-state index contributed by atoms with van der Waals surface area (Å²) in [4.78, 5) is 0. The third-order valence-electron chi connectivity index (χ3n) is 1.54. The van der Waals surface area contributed by atoms with Gasteiger partial charge in [0, 0.05) is 0 Å². The molecule has 1 saturated heterocycles. The molecule has 0 saturated carbocycles. The molecule has 0 nitrogen and oxygen atoms in total. The predicted octanol–water partition coefficient (Wildman–Crippen LogP) is -3.23. The van der Waals surface area contributed by atoms with Gasteiger partial charge in [-0.2, -0.15) is 6.08 Å². The van der Waals surface area contributed by atoms with Crippen molar-refractivity contribution in [1.29, 1.82) is 0 Å². The summed E-state index contributed by atoms with van der Waals surface area (Å²) in [5.74, 6) is 0. The van der Waals surface area contributed by atoms with E-state index in [0.717, 1.165) is 6.42 Å². The first-order valence-electron chi connectivity index (χ1n) is 3.92. The molecule has 1 aliphatic carbocycles. The number of halogens is 2. The Hall–Kier alpha value is 1.20. The second-order valence-electron chi connectivity index (χ2n) is 2.46. The van der Waals surface area contributed by atoms with E-state index in [9.17, 15) is 0 Å². The molecule has 73 valence electrons. The van der Waals surface area contributed by atoms with E-state index in [2.05, 4.69) is 12.2 Å². The molecular weight excluding hydrogens is 258 g/mol. The van der Waals surface area contributed by atoms with Gasteiger partial charge in [0.1, 0.15) is 0 Å². The van der Waals surface area contributed by atoms with Crippen LogP contribution in [0, 0.1) is 6.08 Å². The first kappa shape index (κ1) is 19.7. The average molecular weight is 272 g/mol. The molecule has 0 bridgehead atoms. The van der Waals surface area contributed by atoms with Gasteiger partial charge in [0.15, 0.2) is 0 Å². The zero-order valence-corrected chi connectivity index (χ0v) is 11.6. The van der Waals surface area contributed by atoms with Crippen LogP contribution in [0.3, 0.4) is 0 Å². The van der Waals surface area contributed by atoms with Gasteiger partial charge in [0.25, 0.3) is 0 Å². The summed E-state index contributed by atoms with van der Waals surface area (Å²) in [5, 5.41) is 0. The fourth-order valence-corrected chi connectivity index (χ4v) is 2.22. The molecule has 1 radical (unpaired) electrons. The number of rotatable bonds is 0. The summed E-state index contributed by atoms with van der Waals surface area (Å²) in [5.41, 5.74) is 0. The number of hydrogen-bond donors (Lipinski definition) is 0. The average Bonchev–Trinajstić information content (AvgIpc) is 2.67. The fraction of sp³-hybridized carbons (Fsp3) is 0.556. The largest absolute Gasteiger partial charge is 3.00 e. The van der Waals surface area contributed by atoms with Crippen molar-refractivity contribution >= 4 is 8.58 Å². The number of allylic oxidation sites excluding steroid dienone is 4. The van der Waals surface area contributed by atoms with Crippen LogP contribution in [0.2, 0.25) is 0 Å². The molecule has 13 heavy (non-hydrogen) atoms. The molecule has 0 spiro atoms. The van der Waals surface area contributed by atoms with E-state index >= 15 is 0 Å². The van der Waals surface area contributed by atoms with Gasteiger partial charge < -0.3 is 24.8 Å². The van der Waals surface area contributed by atoms with E-state index < -0.39 is 0 Å². The van der Waals surface area contributed by atoms with Crippen LogP contribution in [0.5, 0.6) is 0 Å². The molecule has 0 atom stereocenters. The predicted molar refractivity (Wildman–Crippen MR) is 48.9 cm³/mol. The molecule has 0 amide bonds. The Morgan fingerprint density at radius 1 is 1.08 bits per heavy atom. The molecule has 0 aromatic heterocycles. The van der Waals surface area contributed by atoms with Gasteiger partial charge in [-0.3, -0.25) is 6.08 Å². The Labute approximate surface area is 111 Å². The monoisotopic (exact) mass is 271 g/mol. The summed E-state index contributed by atoms with van der Waals surface area (Å²) >= 11 is 0. The summed E-state index contributed by atoms with van der Waals surface area (Å²) in [7, 11) is 1.31. The Bertz CT molecular complexity index is 116. The van der Waals surface area contributed by atoms with Crippen LogP contribution >= 0.6 is 8.58 Å². The molecule has 2 rings (SSSR count). The minimum Gasteiger partial charge on any atom is -1.00 e. The van der Waals surface area contributed by atoms with Crippen LogP contribution in [0.4, 0.5) is 0 Å². The zero-order chi connectivity index (χ0) is 7.07. The second-order valence-corrected chi connectivity index (χ2v) is 3.96. The van der Waals surface area contributed by atoms with Gasteiger partial charge in [0.05, 0.1) is 0 Å². The molecule has 0 N–H and O–H groups in total. The molecule has 0 aromatic carbocycles. The Kier molecular flexibility index (Phi) is 23.8. The maximum atomic E-state index is 2.99. The third kappa shape index (κ3) is 13.2. The van der Waals surface area contributed by atoms with Crippen molar-refractivity contribution in [2.24, 2.45) is 0 Å². The van der Waals surface area contributed by atoms with Crippen LogP contribution in [0.25, 0.3) is 0 Å². The minimum atomic E-state index is 0. The molecule has 1 fully saturated rings. The van der Waals surface area contributed by atoms with Gasteiger partial charge >= 0.3 is 21.7 Å². The van der Waals surface area contributed by atoms with Gasteiger partial charge in [-0.1, -0.05) is 0 Å². The fourth-order valence-electron chi connectivity index (χ4n) is 0.965. The summed E-state index contributed by atoms with van der Waals surface area (Å²) in [6, 6.07) is 0. The SMILES string of the molecule is C1CCPC1.[C-]1=CC=CC1.[Cl-].[Cl-].[Ti+3]. The Balaban J connectivity index is -0.000000125. The molecule has 4 heteroatoms. The van der Waals surface area contributed by atoms with Crippen LogP contribution in [0.1, 0.15) is 19.3 Å². The maximum Gasteiger partial charge on any atom is 3.00 e. The van der Waals surface area contributed by atoms with Crippen molar-refractivity contribution in [3.8, 4) is 0 Å². The van der Waals surface area contributed by atoms with Gasteiger partial charge in [-0.05, 0) is 25.2 Å². The van der Waals surface area contributed by atoms with Crippen LogP contribution in [-0.4, -0.2) is 12.3 Å². The van der Waals surface area contributed by atoms with Crippen molar-refractivity contribution in [3.05, 3.63) is 24.3 Å². The first-order chi connectivity index (χ1) is 5.00. The first-order valence-corrected chi connectivity index (χ1v) is 5.34. The number of hydrogen-bond acceptors (Lipinski definition) is 0. The second kappa shape index (κ2) is 15.7. The molecule has 0 unspecified atom stereocenters. The normalized spacial score (nSPS) is 16.0. The van der Waals surface area contributed by atoms with Crippen molar-refractivity contribution in [3.63, 3.8) is 0 Å². The van der Waals surface area contributed by atoms with Gasteiger partial charge in [-0.25, -0.2) is 12.2 Å². The van der Waals surface area contributed by atoms with Crippen molar-refractivity contribution in [2.75, 3.05) is 12.3 Å².